The molecule has 1 heterocycles. The molecule has 0 radical (unpaired) electrons. The van der Waals surface area contributed by atoms with E-state index in [4.69, 9.17) is 5.73 Å². The van der Waals surface area contributed by atoms with Crippen molar-refractivity contribution in [1.29, 1.82) is 0 Å². The quantitative estimate of drug-likeness (QED) is 0.665. The Hall–Kier alpha value is -0.930. The molecule has 0 unspecified atom stereocenters. The van der Waals surface area contributed by atoms with Crippen LogP contribution in [0, 0.1) is 3.70 Å². The standard InChI is InChI=1S/C7H6F3IN2O2/c1-14-6-5(15-7(8,9)10)3(12)2-4(11)13-6/h2H,1H3,(H2,12,13). The summed E-state index contributed by atoms with van der Waals surface area (Å²) in [6.45, 7) is 0. The molecule has 0 aliphatic carbocycles. The van der Waals surface area contributed by atoms with Gasteiger partial charge >= 0.3 is 6.36 Å². The van der Waals surface area contributed by atoms with E-state index in [2.05, 4.69) is 14.5 Å². The van der Waals surface area contributed by atoms with Crippen LogP contribution < -0.4 is 15.2 Å². The Morgan fingerprint density at radius 2 is 2.07 bits per heavy atom. The summed E-state index contributed by atoms with van der Waals surface area (Å²) >= 11 is 1.80. The van der Waals surface area contributed by atoms with Crippen molar-refractivity contribution in [2.45, 2.75) is 6.36 Å². The number of halogens is 4. The second-order valence-corrected chi connectivity index (χ2v) is 3.53. The molecule has 15 heavy (non-hydrogen) atoms. The molecular weight excluding hydrogens is 328 g/mol. The molecule has 0 aliphatic heterocycles. The van der Waals surface area contributed by atoms with Gasteiger partial charge in [-0.25, -0.2) is 4.98 Å². The number of nitrogen functional groups attached to an aromatic ring is 1. The zero-order chi connectivity index (χ0) is 11.6. The summed E-state index contributed by atoms with van der Waals surface area (Å²) in [5, 5.41) is 0. The first-order chi connectivity index (χ1) is 6.83. The van der Waals surface area contributed by atoms with Crippen molar-refractivity contribution in [3.8, 4) is 11.6 Å². The van der Waals surface area contributed by atoms with Gasteiger partial charge in [0, 0.05) is 0 Å². The van der Waals surface area contributed by atoms with E-state index >= 15 is 0 Å². The molecule has 0 amide bonds. The van der Waals surface area contributed by atoms with Gasteiger partial charge in [0.15, 0.2) is 0 Å². The Labute approximate surface area is 96.7 Å². The van der Waals surface area contributed by atoms with Crippen LogP contribution in [0.5, 0.6) is 11.6 Å². The van der Waals surface area contributed by atoms with E-state index in [0.717, 1.165) is 0 Å². The van der Waals surface area contributed by atoms with E-state index in [-0.39, 0.29) is 11.6 Å². The molecule has 1 aromatic rings. The highest BCUT2D eigenvalue weighted by Crippen LogP contribution is 2.36. The number of nitrogens with two attached hydrogens (primary N) is 1. The van der Waals surface area contributed by atoms with Crippen LogP contribution in [0.3, 0.4) is 0 Å². The van der Waals surface area contributed by atoms with Crippen LogP contribution in [-0.4, -0.2) is 18.5 Å². The van der Waals surface area contributed by atoms with Gasteiger partial charge in [0.2, 0.25) is 5.75 Å². The van der Waals surface area contributed by atoms with Gasteiger partial charge in [-0.3, -0.25) is 0 Å². The number of methoxy groups -OCH3 is 1. The maximum Gasteiger partial charge on any atom is 0.573 e. The number of alkyl halides is 3. The summed E-state index contributed by atoms with van der Waals surface area (Å²) in [5.74, 6) is -0.915. The molecule has 0 bridgehead atoms. The van der Waals surface area contributed by atoms with Gasteiger partial charge in [0.1, 0.15) is 3.70 Å². The fourth-order valence-corrected chi connectivity index (χ4v) is 1.41. The molecule has 8 heteroatoms. The first-order valence-electron chi connectivity index (χ1n) is 3.59. The lowest BCUT2D eigenvalue weighted by atomic mass is 10.4. The Kier molecular flexibility index (Phi) is 3.47. The van der Waals surface area contributed by atoms with Crippen LogP contribution in [-0.2, 0) is 0 Å². The van der Waals surface area contributed by atoms with E-state index in [1.54, 1.807) is 22.6 Å². The molecule has 0 fully saturated rings. The minimum Gasteiger partial charge on any atom is -0.478 e. The number of nitrogens with zero attached hydrogens (tertiary/aromatic N) is 1. The third-order valence-corrected chi connectivity index (χ3v) is 1.90. The number of rotatable bonds is 2. The third-order valence-electron chi connectivity index (χ3n) is 1.35. The molecule has 0 atom stereocenters. The van der Waals surface area contributed by atoms with Crippen LogP contribution in [0.2, 0.25) is 0 Å². The normalized spacial score (nSPS) is 11.3. The van der Waals surface area contributed by atoms with Crippen LogP contribution in [0.1, 0.15) is 0 Å². The van der Waals surface area contributed by atoms with Gasteiger partial charge in [0.25, 0.3) is 5.88 Å². The van der Waals surface area contributed by atoms with E-state index in [1.165, 1.54) is 13.2 Å². The summed E-state index contributed by atoms with van der Waals surface area (Å²) < 4.78 is 44.7. The molecule has 4 nitrogen and oxygen atoms in total. The van der Waals surface area contributed by atoms with Gasteiger partial charge in [-0.05, 0) is 28.7 Å². The smallest absolute Gasteiger partial charge is 0.478 e. The molecule has 1 rings (SSSR count). The zero-order valence-electron chi connectivity index (χ0n) is 7.43. The molecule has 0 saturated heterocycles. The monoisotopic (exact) mass is 334 g/mol. The molecular formula is C7H6F3IN2O2. The van der Waals surface area contributed by atoms with Gasteiger partial charge in [-0.2, -0.15) is 0 Å². The Morgan fingerprint density at radius 1 is 1.47 bits per heavy atom. The minimum absolute atomic E-state index is 0.177. The average Bonchev–Trinajstić information content (AvgIpc) is 2.07. The van der Waals surface area contributed by atoms with Crippen molar-refractivity contribution in [3.05, 3.63) is 9.77 Å². The lowest BCUT2D eigenvalue weighted by molar-refractivity contribution is -0.274. The minimum atomic E-state index is -4.82. The van der Waals surface area contributed by atoms with Crippen LogP contribution in [0.4, 0.5) is 18.9 Å². The van der Waals surface area contributed by atoms with Crippen molar-refractivity contribution >= 4 is 28.3 Å². The Balaban J connectivity index is 3.15. The summed E-state index contributed by atoms with van der Waals surface area (Å²) in [6, 6.07) is 1.25. The van der Waals surface area contributed by atoms with Crippen molar-refractivity contribution in [3.63, 3.8) is 0 Å². The predicted molar refractivity (Wildman–Crippen MR) is 54.6 cm³/mol. The highest BCUT2D eigenvalue weighted by molar-refractivity contribution is 14.1. The molecule has 0 spiro atoms. The fourth-order valence-electron chi connectivity index (χ4n) is 0.854. The predicted octanol–water partition coefficient (Wildman–Crippen LogP) is 2.18. The van der Waals surface area contributed by atoms with Gasteiger partial charge in [-0.1, -0.05) is 0 Å². The topological polar surface area (TPSA) is 57.4 Å². The number of aromatic nitrogens is 1. The van der Waals surface area contributed by atoms with Gasteiger partial charge in [-0.15, -0.1) is 13.2 Å². The van der Waals surface area contributed by atoms with Gasteiger partial charge < -0.3 is 15.2 Å². The van der Waals surface area contributed by atoms with Crippen LogP contribution in [0.15, 0.2) is 6.07 Å². The van der Waals surface area contributed by atoms with Crippen LogP contribution >= 0.6 is 22.6 Å². The Bertz CT molecular complexity index is 370. The van der Waals surface area contributed by atoms with E-state index in [1.807, 2.05) is 0 Å². The number of pyridine rings is 1. The third kappa shape index (κ3) is 3.29. The summed E-state index contributed by atoms with van der Waals surface area (Å²) in [5.41, 5.74) is 5.18. The lowest BCUT2D eigenvalue weighted by Crippen LogP contribution is -2.19. The second kappa shape index (κ2) is 4.29. The van der Waals surface area contributed by atoms with Crippen molar-refractivity contribution in [2.75, 3.05) is 12.8 Å². The molecule has 0 aliphatic rings. The highest BCUT2D eigenvalue weighted by atomic mass is 127. The zero-order valence-corrected chi connectivity index (χ0v) is 9.59. The van der Waals surface area contributed by atoms with E-state index in [0.29, 0.717) is 3.70 Å². The second-order valence-electron chi connectivity index (χ2n) is 2.42. The summed E-state index contributed by atoms with van der Waals surface area (Å²) in [4.78, 5) is 3.70. The molecule has 1 aromatic heterocycles. The first-order valence-corrected chi connectivity index (χ1v) is 4.67. The van der Waals surface area contributed by atoms with Crippen LogP contribution in [0.25, 0.3) is 0 Å². The number of hydrogen-bond donors (Lipinski definition) is 1. The molecule has 2 N–H and O–H groups in total. The van der Waals surface area contributed by atoms with Crippen molar-refractivity contribution in [1.82, 2.24) is 4.98 Å². The van der Waals surface area contributed by atoms with Crippen molar-refractivity contribution < 1.29 is 22.6 Å². The molecule has 0 saturated carbocycles. The van der Waals surface area contributed by atoms with Crippen molar-refractivity contribution in [2.24, 2.45) is 0 Å². The summed E-state index contributed by atoms with van der Waals surface area (Å²) in [7, 11) is 1.18. The van der Waals surface area contributed by atoms with E-state index < -0.39 is 12.1 Å². The SMILES string of the molecule is COc1nc(I)cc(N)c1OC(F)(F)F. The van der Waals surface area contributed by atoms with E-state index in [9.17, 15) is 13.2 Å². The molecule has 84 valence electrons. The largest absolute Gasteiger partial charge is 0.573 e. The number of ether oxygens (including phenoxy) is 2. The number of hydrogen-bond acceptors (Lipinski definition) is 4. The van der Waals surface area contributed by atoms with Gasteiger partial charge in [0.05, 0.1) is 12.8 Å². The summed E-state index contributed by atoms with van der Waals surface area (Å²) in [6.07, 6.45) is -4.82. The Morgan fingerprint density at radius 3 is 2.53 bits per heavy atom. The first kappa shape index (κ1) is 12.1. The molecule has 0 aromatic carbocycles. The lowest BCUT2D eigenvalue weighted by Gasteiger charge is -2.13. The maximum absolute atomic E-state index is 12.0. The maximum atomic E-state index is 12.0. The fraction of sp³-hybridized carbons (Fsp3) is 0.286. The number of anilines is 1. The average molecular weight is 334 g/mol. The highest BCUT2D eigenvalue weighted by Gasteiger charge is 2.34.